The molecule has 1 saturated heterocycles. The normalized spacial score (nSPS) is 17.3. The van der Waals surface area contributed by atoms with Crippen molar-refractivity contribution >= 4 is 40.7 Å². The molecule has 2 aliphatic rings. The molecule has 216 valence electrons. The van der Waals surface area contributed by atoms with Gasteiger partial charge in [0.15, 0.2) is 0 Å². The molecule has 4 rings (SSSR count). The van der Waals surface area contributed by atoms with E-state index in [-0.39, 0.29) is 30.2 Å². The summed E-state index contributed by atoms with van der Waals surface area (Å²) in [6.45, 7) is 1.43. The molecule has 11 heteroatoms. The van der Waals surface area contributed by atoms with Crippen molar-refractivity contribution in [1.82, 2.24) is 25.0 Å². The number of fused-ring (bicyclic) bond motifs is 1. The topological polar surface area (TPSA) is 113 Å². The number of rotatable bonds is 8. The van der Waals surface area contributed by atoms with Gasteiger partial charge in [-0.1, -0.05) is 19.3 Å². The van der Waals surface area contributed by atoms with E-state index in [1.165, 1.54) is 31.4 Å². The predicted octanol–water partition coefficient (Wildman–Crippen LogP) is 2.07. The van der Waals surface area contributed by atoms with Gasteiger partial charge < -0.3 is 29.7 Å². The molecule has 0 radical (unpaired) electrons. The molecule has 0 bridgehead atoms. The number of hydrogen-bond acceptors (Lipinski definition) is 6. The van der Waals surface area contributed by atoms with Crippen molar-refractivity contribution in [2.24, 2.45) is 13.0 Å². The van der Waals surface area contributed by atoms with Crippen molar-refractivity contribution in [3.8, 4) is 0 Å². The SMILES string of the molecule is CNCC(=O)NC(C(=O)N1CCN(C(=O)c2c(/C=C/C(=O)OC)c3cc(F)ccc3n2C)CC1)C1CCCCC1. The fourth-order valence-electron chi connectivity index (χ4n) is 5.80. The van der Waals surface area contributed by atoms with E-state index in [1.807, 2.05) is 0 Å². The van der Waals surface area contributed by atoms with Gasteiger partial charge >= 0.3 is 5.97 Å². The van der Waals surface area contributed by atoms with Crippen LogP contribution in [-0.4, -0.2) is 91.0 Å². The molecular formula is C29H38FN5O5. The zero-order chi connectivity index (χ0) is 28.8. The Morgan fingerprint density at radius 1 is 1.07 bits per heavy atom. The van der Waals surface area contributed by atoms with Crippen molar-refractivity contribution < 1.29 is 28.3 Å². The quantitative estimate of drug-likeness (QED) is 0.381. The summed E-state index contributed by atoms with van der Waals surface area (Å²) in [6, 6.07) is 3.69. The van der Waals surface area contributed by atoms with Gasteiger partial charge in [0.2, 0.25) is 11.8 Å². The highest BCUT2D eigenvalue weighted by atomic mass is 19.1. The van der Waals surface area contributed by atoms with Crippen molar-refractivity contribution in [2.75, 3.05) is 46.9 Å². The van der Waals surface area contributed by atoms with E-state index in [1.54, 1.807) is 34.5 Å². The molecule has 2 aromatic rings. The average molecular weight is 556 g/mol. The van der Waals surface area contributed by atoms with E-state index >= 15 is 0 Å². The molecule has 1 atom stereocenters. The van der Waals surface area contributed by atoms with Crippen molar-refractivity contribution in [3.63, 3.8) is 0 Å². The molecule has 2 heterocycles. The summed E-state index contributed by atoms with van der Waals surface area (Å²) in [5.41, 5.74) is 1.39. The van der Waals surface area contributed by atoms with Gasteiger partial charge in [-0.25, -0.2) is 9.18 Å². The number of ether oxygens (including phenoxy) is 1. The first-order valence-electron chi connectivity index (χ1n) is 13.8. The molecule has 1 aromatic heterocycles. The van der Waals surface area contributed by atoms with Crippen molar-refractivity contribution in [2.45, 2.75) is 38.1 Å². The lowest BCUT2D eigenvalue weighted by atomic mass is 9.83. The Hall–Kier alpha value is -3.73. The third kappa shape index (κ3) is 6.35. The number of nitrogens with one attached hydrogen (secondary N) is 2. The second-order valence-electron chi connectivity index (χ2n) is 10.4. The molecule has 10 nitrogen and oxygen atoms in total. The number of aromatic nitrogens is 1. The van der Waals surface area contributed by atoms with Gasteiger partial charge in [-0.3, -0.25) is 14.4 Å². The van der Waals surface area contributed by atoms with Crippen LogP contribution in [-0.2, 0) is 26.2 Å². The zero-order valence-electron chi connectivity index (χ0n) is 23.4. The molecule has 2 fully saturated rings. The highest BCUT2D eigenvalue weighted by molar-refractivity contribution is 6.06. The predicted molar refractivity (Wildman–Crippen MR) is 149 cm³/mol. The van der Waals surface area contributed by atoms with E-state index in [0.29, 0.717) is 48.3 Å². The number of piperazine rings is 1. The summed E-state index contributed by atoms with van der Waals surface area (Å²) in [5.74, 6) is -1.53. The molecule has 0 spiro atoms. The summed E-state index contributed by atoms with van der Waals surface area (Å²) in [4.78, 5) is 55.0. The number of esters is 1. The molecule has 1 aromatic carbocycles. The largest absolute Gasteiger partial charge is 0.466 e. The van der Waals surface area contributed by atoms with Crippen LogP contribution >= 0.6 is 0 Å². The summed E-state index contributed by atoms with van der Waals surface area (Å²) in [6.07, 6.45) is 7.71. The molecule has 1 aliphatic carbocycles. The first-order chi connectivity index (χ1) is 19.2. The Labute approximate surface area is 233 Å². The van der Waals surface area contributed by atoms with Crippen LogP contribution in [0, 0.1) is 11.7 Å². The molecule has 1 unspecified atom stereocenters. The Morgan fingerprint density at radius 2 is 1.75 bits per heavy atom. The van der Waals surface area contributed by atoms with Crippen molar-refractivity contribution in [3.05, 3.63) is 41.3 Å². The third-order valence-electron chi connectivity index (χ3n) is 7.91. The van der Waals surface area contributed by atoms with E-state index in [2.05, 4.69) is 10.6 Å². The summed E-state index contributed by atoms with van der Waals surface area (Å²) in [5, 5.41) is 6.30. The van der Waals surface area contributed by atoms with Crippen LogP contribution in [0.3, 0.4) is 0 Å². The van der Waals surface area contributed by atoms with Crippen LogP contribution in [0.25, 0.3) is 17.0 Å². The molecule has 2 N–H and O–H groups in total. The Morgan fingerprint density at radius 3 is 2.40 bits per heavy atom. The minimum atomic E-state index is -0.590. The maximum atomic E-state index is 14.1. The van der Waals surface area contributed by atoms with Crippen LogP contribution < -0.4 is 10.6 Å². The highest BCUT2D eigenvalue weighted by Gasteiger charge is 2.36. The molecule has 1 aliphatic heterocycles. The fraction of sp³-hybridized carbons (Fsp3) is 0.517. The van der Waals surface area contributed by atoms with Gasteiger partial charge in [0, 0.05) is 55.8 Å². The number of benzene rings is 1. The lowest BCUT2D eigenvalue weighted by Gasteiger charge is -2.39. The number of methoxy groups -OCH3 is 1. The number of nitrogens with zero attached hydrogens (tertiary/aromatic N) is 3. The molecular weight excluding hydrogens is 517 g/mol. The number of hydrogen-bond donors (Lipinski definition) is 2. The fourth-order valence-corrected chi connectivity index (χ4v) is 5.80. The first kappa shape index (κ1) is 29.3. The lowest BCUT2D eigenvalue weighted by molar-refractivity contribution is -0.139. The summed E-state index contributed by atoms with van der Waals surface area (Å²) < 4.78 is 20.5. The van der Waals surface area contributed by atoms with Crippen LogP contribution in [0.5, 0.6) is 0 Å². The Kier molecular flexibility index (Phi) is 9.57. The maximum Gasteiger partial charge on any atom is 0.330 e. The number of amides is 3. The maximum absolute atomic E-state index is 14.1. The van der Waals surface area contributed by atoms with Gasteiger partial charge in [0.05, 0.1) is 13.7 Å². The van der Waals surface area contributed by atoms with Gasteiger partial charge in [0.1, 0.15) is 17.6 Å². The number of carbonyl (C=O) groups is 4. The van der Waals surface area contributed by atoms with Crippen LogP contribution in [0.4, 0.5) is 4.39 Å². The number of carbonyl (C=O) groups excluding carboxylic acids is 4. The monoisotopic (exact) mass is 555 g/mol. The van der Waals surface area contributed by atoms with E-state index < -0.39 is 17.8 Å². The average Bonchev–Trinajstić information content (AvgIpc) is 3.24. The molecule has 40 heavy (non-hydrogen) atoms. The number of likely N-dealkylation sites (N-methyl/N-ethyl adjacent to an activating group) is 1. The first-order valence-corrected chi connectivity index (χ1v) is 13.8. The Bertz CT molecular complexity index is 1290. The minimum Gasteiger partial charge on any atom is -0.466 e. The van der Waals surface area contributed by atoms with Crippen LogP contribution in [0.1, 0.15) is 48.2 Å². The van der Waals surface area contributed by atoms with Crippen LogP contribution in [0.2, 0.25) is 0 Å². The van der Waals surface area contributed by atoms with Gasteiger partial charge in [-0.05, 0) is 50.1 Å². The molecule has 1 saturated carbocycles. The third-order valence-corrected chi connectivity index (χ3v) is 7.91. The second-order valence-corrected chi connectivity index (χ2v) is 10.4. The van der Waals surface area contributed by atoms with E-state index in [0.717, 1.165) is 32.1 Å². The van der Waals surface area contributed by atoms with Gasteiger partial charge in [-0.15, -0.1) is 0 Å². The number of halogens is 1. The van der Waals surface area contributed by atoms with Gasteiger partial charge in [0.25, 0.3) is 5.91 Å². The molecule has 3 amide bonds. The van der Waals surface area contributed by atoms with E-state index in [4.69, 9.17) is 4.74 Å². The zero-order valence-corrected chi connectivity index (χ0v) is 23.4. The Balaban J connectivity index is 1.52. The number of aryl methyl sites for hydroxylation is 1. The standard InChI is InChI=1S/C29H38FN5O5/c1-31-18-24(36)32-26(19-7-5-4-6-8-19)28(38)34-13-15-35(16-14-34)29(39)27-21(10-12-25(37)40-3)22-17-20(30)9-11-23(22)33(27)2/h9-12,17,19,26,31H,4-8,13-16,18H2,1-3H3,(H,32,36)/b12-10+. The lowest BCUT2D eigenvalue weighted by Crippen LogP contribution is -2.58. The second kappa shape index (κ2) is 13.1. The summed E-state index contributed by atoms with van der Waals surface area (Å²) >= 11 is 0. The highest BCUT2D eigenvalue weighted by Crippen LogP contribution is 2.30. The minimum absolute atomic E-state index is 0.0991. The van der Waals surface area contributed by atoms with Crippen LogP contribution in [0.15, 0.2) is 24.3 Å². The summed E-state index contributed by atoms with van der Waals surface area (Å²) in [7, 11) is 4.68. The smallest absolute Gasteiger partial charge is 0.330 e. The van der Waals surface area contributed by atoms with E-state index in [9.17, 15) is 23.6 Å². The van der Waals surface area contributed by atoms with Crippen molar-refractivity contribution in [1.29, 1.82) is 0 Å². The van der Waals surface area contributed by atoms with Gasteiger partial charge in [-0.2, -0.15) is 0 Å².